The summed E-state index contributed by atoms with van der Waals surface area (Å²) >= 11 is 0. The van der Waals surface area contributed by atoms with Crippen LogP contribution in [0.25, 0.3) is 0 Å². The number of halogens is 2. The second kappa shape index (κ2) is 7.47. The van der Waals surface area contributed by atoms with Crippen molar-refractivity contribution in [1.29, 1.82) is 0 Å². The molecule has 1 aromatic carbocycles. The smallest absolute Gasteiger partial charge is 0.353 e. The molecule has 0 amide bonds. The summed E-state index contributed by atoms with van der Waals surface area (Å²) in [5, 5.41) is 16.9. The van der Waals surface area contributed by atoms with Gasteiger partial charge in [-0.15, -0.1) is 0 Å². The Morgan fingerprint density at radius 3 is 2.62 bits per heavy atom. The lowest BCUT2D eigenvalue weighted by molar-refractivity contribution is -0.383. The number of nitrogens with zero attached hydrogens (tertiary/aromatic N) is 4. The summed E-state index contributed by atoms with van der Waals surface area (Å²) in [4.78, 5) is 22.5. The van der Waals surface area contributed by atoms with Crippen LogP contribution in [0.15, 0.2) is 49.1 Å². The minimum Gasteiger partial charge on any atom is -0.360 e. The van der Waals surface area contributed by atoms with E-state index in [4.69, 9.17) is 0 Å². The van der Waals surface area contributed by atoms with Crippen LogP contribution < -0.4 is 10.6 Å². The van der Waals surface area contributed by atoms with Crippen LogP contribution >= 0.6 is 0 Å². The lowest BCUT2D eigenvalue weighted by Crippen LogP contribution is -2.08. The van der Waals surface area contributed by atoms with Gasteiger partial charge in [0.15, 0.2) is 11.6 Å². The highest BCUT2D eigenvalue weighted by atomic mass is 19.2. The van der Waals surface area contributed by atoms with Crippen molar-refractivity contribution in [2.75, 3.05) is 10.6 Å². The lowest BCUT2D eigenvalue weighted by atomic mass is 10.2. The highest BCUT2D eigenvalue weighted by molar-refractivity contribution is 5.73. The molecule has 26 heavy (non-hydrogen) atoms. The fourth-order valence-corrected chi connectivity index (χ4v) is 2.17. The number of nitro groups is 1. The molecule has 10 heteroatoms. The fourth-order valence-electron chi connectivity index (χ4n) is 2.17. The summed E-state index contributed by atoms with van der Waals surface area (Å²) < 4.78 is 26.3. The van der Waals surface area contributed by atoms with Crippen LogP contribution in [0.4, 0.5) is 31.8 Å². The monoisotopic (exact) mass is 358 g/mol. The van der Waals surface area contributed by atoms with Crippen LogP contribution in [-0.4, -0.2) is 19.9 Å². The highest BCUT2D eigenvalue weighted by Crippen LogP contribution is 2.31. The first-order valence-electron chi connectivity index (χ1n) is 7.39. The molecule has 0 aliphatic rings. The molecule has 0 radical (unpaired) electrons. The summed E-state index contributed by atoms with van der Waals surface area (Å²) in [6, 6.07) is 6.57. The zero-order chi connectivity index (χ0) is 18.5. The fraction of sp³-hybridized carbons (Fsp3) is 0.0625. The molecule has 0 atom stereocenters. The van der Waals surface area contributed by atoms with Gasteiger partial charge in [-0.2, -0.15) is 0 Å². The Bertz CT molecular complexity index is 939. The summed E-state index contributed by atoms with van der Waals surface area (Å²) in [5.41, 5.74) is 0.501. The number of pyridine rings is 1. The SMILES string of the molecule is O=[N+]([O-])c1c(NCc2cccnc2)ncnc1Nc1ccc(F)c(F)c1. The van der Waals surface area contributed by atoms with Crippen molar-refractivity contribution in [3.8, 4) is 0 Å². The van der Waals surface area contributed by atoms with Gasteiger partial charge in [0, 0.05) is 30.7 Å². The first-order valence-corrected chi connectivity index (χ1v) is 7.39. The standard InChI is InChI=1S/C16H12F2N6O2/c17-12-4-3-11(6-13(12)18)23-16-14(24(25)26)15(21-9-22-16)20-8-10-2-1-5-19-7-10/h1-7,9H,8H2,(H2,20,21,22,23). The molecule has 0 saturated heterocycles. The van der Waals surface area contributed by atoms with Crippen molar-refractivity contribution < 1.29 is 13.7 Å². The van der Waals surface area contributed by atoms with E-state index in [0.29, 0.717) is 0 Å². The molecule has 0 bridgehead atoms. The van der Waals surface area contributed by atoms with Gasteiger partial charge in [-0.1, -0.05) is 6.07 Å². The van der Waals surface area contributed by atoms with E-state index in [1.165, 1.54) is 6.07 Å². The highest BCUT2D eigenvalue weighted by Gasteiger charge is 2.23. The molecule has 2 heterocycles. The van der Waals surface area contributed by atoms with Crippen LogP contribution in [0.5, 0.6) is 0 Å². The number of rotatable bonds is 6. The summed E-state index contributed by atoms with van der Waals surface area (Å²) in [7, 11) is 0. The zero-order valence-electron chi connectivity index (χ0n) is 13.2. The van der Waals surface area contributed by atoms with E-state index in [2.05, 4.69) is 25.6 Å². The Kier molecular flexibility index (Phi) is 4.92. The molecule has 0 spiro atoms. The van der Waals surface area contributed by atoms with Gasteiger partial charge < -0.3 is 10.6 Å². The third-order valence-corrected chi connectivity index (χ3v) is 3.37. The number of benzene rings is 1. The van der Waals surface area contributed by atoms with Crippen molar-refractivity contribution in [2.45, 2.75) is 6.54 Å². The lowest BCUT2D eigenvalue weighted by Gasteiger charge is -2.10. The molecule has 0 unspecified atom stereocenters. The maximum atomic E-state index is 13.3. The van der Waals surface area contributed by atoms with Crippen molar-refractivity contribution in [1.82, 2.24) is 15.0 Å². The van der Waals surface area contributed by atoms with Crippen molar-refractivity contribution >= 4 is 23.0 Å². The summed E-state index contributed by atoms with van der Waals surface area (Å²) in [5.74, 6) is -2.27. The normalized spacial score (nSPS) is 10.4. The first-order chi connectivity index (χ1) is 12.5. The van der Waals surface area contributed by atoms with Gasteiger partial charge in [0.2, 0.25) is 11.6 Å². The van der Waals surface area contributed by atoms with Gasteiger partial charge in [-0.3, -0.25) is 15.1 Å². The average molecular weight is 358 g/mol. The molecule has 0 saturated carbocycles. The number of hydrogen-bond donors (Lipinski definition) is 2. The minimum absolute atomic E-state index is 0.0149. The molecular formula is C16H12F2N6O2. The van der Waals surface area contributed by atoms with Crippen molar-refractivity contribution in [2.24, 2.45) is 0 Å². The zero-order valence-corrected chi connectivity index (χ0v) is 13.2. The van der Waals surface area contributed by atoms with E-state index in [1.54, 1.807) is 24.5 Å². The Morgan fingerprint density at radius 2 is 1.92 bits per heavy atom. The van der Waals surface area contributed by atoms with Crippen LogP contribution in [0.2, 0.25) is 0 Å². The van der Waals surface area contributed by atoms with Crippen molar-refractivity contribution in [3.05, 3.63) is 76.4 Å². The quantitative estimate of drug-likeness (QED) is 0.514. The summed E-state index contributed by atoms with van der Waals surface area (Å²) in [6.45, 7) is 0.260. The molecule has 2 aromatic heterocycles. The van der Waals surface area contributed by atoms with Crippen LogP contribution in [-0.2, 0) is 6.54 Å². The van der Waals surface area contributed by atoms with E-state index >= 15 is 0 Å². The largest absolute Gasteiger partial charge is 0.360 e. The van der Waals surface area contributed by atoms with E-state index < -0.39 is 22.2 Å². The second-order valence-electron chi connectivity index (χ2n) is 5.15. The third-order valence-electron chi connectivity index (χ3n) is 3.37. The number of hydrogen-bond acceptors (Lipinski definition) is 7. The Hall–Kier alpha value is -3.69. The predicted molar refractivity (Wildman–Crippen MR) is 89.9 cm³/mol. The van der Waals surface area contributed by atoms with Gasteiger partial charge >= 0.3 is 5.69 Å². The van der Waals surface area contributed by atoms with E-state index in [9.17, 15) is 18.9 Å². The van der Waals surface area contributed by atoms with Crippen molar-refractivity contribution in [3.63, 3.8) is 0 Å². The number of nitrogens with one attached hydrogen (secondary N) is 2. The molecule has 0 fully saturated rings. The van der Waals surface area contributed by atoms with Crippen LogP contribution in [0.3, 0.4) is 0 Å². The van der Waals surface area contributed by atoms with Crippen LogP contribution in [0, 0.1) is 21.7 Å². The van der Waals surface area contributed by atoms with Gasteiger partial charge in [0.1, 0.15) is 6.33 Å². The summed E-state index contributed by atoms with van der Waals surface area (Å²) in [6.07, 6.45) is 4.35. The molecular weight excluding hydrogens is 346 g/mol. The van der Waals surface area contributed by atoms with Crippen LogP contribution in [0.1, 0.15) is 5.56 Å². The average Bonchev–Trinajstić information content (AvgIpc) is 2.64. The molecule has 2 N–H and O–H groups in total. The van der Waals surface area contributed by atoms with Gasteiger partial charge in [0.05, 0.1) is 4.92 Å². The molecule has 0 aliphatic heterocycles. The van der Waals surface area contributed by atoms with E-state index in [1.807, 2.05) is 0 Å². The molecule has 3 aromatic rings. The number of aromatic nitrogens is 3. The van der Waals surface area contributed by atoms with Gasteiger partial charge in [0.25, 0.3) is 0 Å². The van der Waals surface area contributed by atoms with E-state index in [0.717, 1.165) is 24.0 Å². The Morgan fingerprint density at radius 1 is 1.12 bits per heavy atom. The number of anilines is 3. The molecule has 132 valence electrons. The van der Waals surface area contributed by atoms with Gasteiger partial charge in [-0.05, 0) is 23.8 Å². The topological polar surface area (TPSA) is 106 Å². The Balaban J connectivity index is 1.88. The maximum absolute atomic E-state index is 13.3. The minimum atomic E-state index is -1.08. The third kappa shape index (κ3) is 3.86. The Labute approximate surface area is 146 Å². The molecule has 3 rings (SSSR count). The van der Waals surface area contributed by atoms with E-state index in [-0.39, 0.29) is 23.9 Å². The molecule has 8 nitrogen and oxygen atoms in total. The predicted octanol–water partition coefficient (Wildman–Crippen LogP) is 3.41. The molecule has 0 aliphatic carbocycles. The second-order valence-corrected chi connectivity index (χ2v) is 5.15. The first kappa shape index (κ1) is 17.1. The van der Waals surface area contributed by atoms with Gasteiger partial charge in [-0.25, -0.2) is 18.7 Å². The maximum Gasteiger partial charge on any atom is 0.353 e.